The van der Waals surface area contributed by atoms with Gasteiger partial charge in [0.15, 0.2) is 6.10 Å². The van der Waals surface area contributed by atoms with E-state index in [1.54, 1.807) is 0 Å². The van der Waals surface area contributed by atoms with E-state index >= 15 is 0 Å². The first kappa shape index (κ1) is 72.8. The quantitative estimate of drug-likeness (QED) is 0.0261. The zero-order valence-corrected chi connectivity index (χ0v) is 50.5. The summed E-state index contributed by atoms with van der Waals surface area (Å²) < 4.78 is 16.8. The number of hydrogen-bond donors (Lipinski definition) is 0. The van der Waals surface area contributed by atoms with Gasteiger partial charge in [0.1, 0.15) is 13.2 Å². The first-order valence-corrected chi connectivity index (χ1v) is 32.9. The van der Waals surface area contributed by atoms with Gasteiger partial charge >= 0.3 is 17.9 Å². The lowest BCUT2D eigenvalue weighted by Gasteiger charge is -2.18. The SMILES string of the molecule is CC/C=C\C/C=C\C/C=C\C/C=C\C/C=C\CCCCCCCCCCCCCCCCCCCCCC(=O)OCC(COC(=O)CCCCCCCC)OC(=O)CCCCCCCCC/C=C\CCCCCCCC. The number of hydrogen-bond acceptors (Lipinski definition) is 6. The van der Waals surface area contributed by atoms with Gasteiger partial charge in [-0.15, -0.1) is 0 Å². The van der Waals surface area contributed by atoms with Crippen LogP contribution in [0.5, 0.6) is 0 Å². The van der Waals surface area contributed by atoms with Gasteiger partial charge in [0.25, 0.3) is 0 Å². The second kappa shape index (κ2) is 64.4. The molecule has 0 aromatic heterocycles. The Labute approximate surface area is 472 Å². The summed E-state index contributed by atoms with van der Waals surface area (Å²) in [4.78, 5) is 38.0. The lowest BCUT2D eigenvalue weighted by Crippen LogP contribution is -2.30. The van der Waals surface area contributed by atoms with Crippen molar-refractivity contribution in [2.24, 2.45) is 0 Å². The van der Waals surface area contributed by atoms with Gasteiger partial charge in [-0.1, -0.05) is 299 Å². The van der Waals surface area contributed by atoms with E-state index in [1.165, 1.54) is 205 Å². The average Bonchev–Trinajstić information content (AvgIpc) is 3.42. The minimum Gasteiger partial charge on any atom is -0.462 e. The molecule has 0 aromatic rings. The third-order valence-electron chi connectivity index (χ3n) is 14.4. The summed E-state index contributed by atoms with van der Waals surface area (Å²) in [5.74, 6) is -0.870. The second-order valence-electron chi connectivity index (χ2n) is 22.0. The Balaban J connectivity index is 3.94. The highest BCUT2D eigenvalue weighted by molar-refractivity contribution is 5.71. The fraction of sp³-hybridized carbons (Fsp3) is 0.786. The minimum atomic E-state index is -0.771. The standard InChI is InChI=1S/C70H124O6/c1-4-7-10-13-16-18-20-22-24-26-27-28-29-30-31-32-33-34-35-36-37-38-39-40-41-42-43-45-46-48-50-52-54-57-60-63-69(72)75-66-67(65-74-68(71)62-59-56-15-12-9-6-3)76-70(73)64-61-58-55-53-51-49-47-44-25-23-21-19-17-14-11-8-5-2/h7,10,16,18,22-25,27-28,30-31,67H,4-6,8-9,11-15,17,19-21,26,29,32-66H2,1-3H3/b10-7-,18-16-,24-22-,25-23-,28-27-,31-30-. The van der Waals surface area contributed by atoms with Crippen molar-refractivity contribution in [3.63, 3.8) is 0 Å². The highest BCUT2D eigenvalue weighted by Crippen LogP contribution is 2.17. The Bertz CT molecular complexity index is 1400. The van der Waals surface area contributed by atoms with Crippen LogP contribution in [0.4, 0.5) is 0 Å². The van der Waals surface area contributed by atoms with Crippen molar-refractivity contribution >= 4 is 17.9 Å². The van der Waals surface area contributed by atoms with Gasteiger partial charge < -0.3 is 14.2 Å². The van der Waals surface area contributed by atoms with Crippen LogP contribution in [0.25, 0.3) is 0 Å². The predicted octanol–water partition coefficient (Wildman–Crippen LogP) is 22.5. The van der Waals surface area contributed by atoms with Crippen molar-refractivity contribution in [1.29, 1.82) is 0 Å². The van der Waals surface area contributed by atoms with E-state index in [0.29, 0.717) is 19.3 Å². The van der Waals surface area contributed by atoms with E-state index in [1.807, 2.05) is 0 Å². The van der Waals surface area contributed by atoms with Crippen LogP contribution in [-0.2, 0) is 28.6 Å². The summed E-state index contributed by atoms with van der Waals surface area (Å²) in [6.45, 7) is 6.49. The summed E-state index contributed by atoms with van der Waals surface area (Å²) >= 11 is 0. The molecule has 0 saturated carbocycles. The number of unbranched alkanes of at least 4 members (excludes halogenated alkanes) is 37. The van der Waals surface area contributed by atoms with Gasteiger partial charge in [0, 0.05) is 19.3 Å². The number of esters is 3. The van der Waals surface area contributed by atoms with Crippen molar-refractivity contribution in [2.75, 3.05) is 13.2 Å². The number of carbonyl (C=O) groups excluding carboxylic acids is 3. The molecule has 1 unspecified atom stereocenters. The normalized spacial score (nSPS) is 12.5. The van der Waals surface area contributed by atoms with Crippen LogP contribution in [0.2, 0.25) is 0 Å². The summed E-state index contributed by atoms with van der Waals surface area (Å²) in [6, 6.07) is 0. The topological polar surface area (TPSA) is 78.9 Å². The number of allylic oxidation sites excluding steroid dienone is 12. The van der Waals surface area contributed by atoms with E-state index in [0.717, 1.165) is 89.9 Å². The molecule has 6 nitrogen and oxygen atoms in total. The molecule has 0 rings (SSSR count). The molecular weight excluding hydrogens is 937 g/mol. The Hall–Kier alpha value is -3.15. The minimum absolute atomic E-state index is 0.0720. The second-order valence-corrected chi connectivity index (χ2v) is 22.0. The smallest absolute Gasteiger partial charge is 0.306 e. The molecule has 0 radical (unpaired) electrons. The van der Waals surface area contributed by atoms with Crippen molar-refractivity contribution in [2.45, 2.75) is 341 Å². The molecule has 0 saturated heterocycles. The predicted molar refractivity (Wildman–Crippen MR) is 330 cm³/mol. The van der Waals surface area contributed by atoms with Gasteiger partial charge in [-0.3, -0.25) is 14.4 Å². The summed E-state index contributed by atoms with van der Waals surface area (Å²) in [5, 5.41) is 0. The number of carbonyl (C=O) groups is 3. The molecule has 0 aliphatic heterocycles. The van der Waals surface area contributed by atoms with Crippen LogP contribution in [0.1, 0.15) is 335 Å². The fourth-order valence-electron chi connectivity index (χ4n) is 9.53. The monoisotopic (exact) mass is 1060 g/mol. The van der Waals surface area contributed by atoms with E-state index in [-0.39, 0.29) is 31.1 Å². The van der Waals surface area contributed by atoms with E-state index in [4.69, 9.17) is 14.2 Å². The Morgan fingerprint density at radius 1 is 0.276 bits per heavy atom. The van der Waals surface area contributed by atoms with Gasteiger partial charge in [0.05, 0.1) is 0 Å². The van der Waals surface area contributed by atoms with Gasteiger partial charge in [-0.05, 0) is 89.9 Å². The van der Waals surface area contributed by atoms with Gasteiger partial charge in [-0.2, -0.15) is 0 Å². The maximum Gasteiger partial charge on any atom is 0.306 e. The van der Waals surface area contributed by atoms with Crippen molar-refractivity contribution in [3.8, 4) is 0 Å². The Morgan fingerprint density at radius 2 is 0.513 bits per heavy atom. The van der Waals surface area contributed by atoms with Crippen molar-refractivity contribution in [3.05, 3.63) is 72.9 Å². The van der Waals surface area contributed by atoms with Crippen LogP contribution in [-0.4, -0.2) is 37.2 Å². The molecule has 1 atom stereocenters. The highest BCUT2D eigenvalue weighted by Gasteiger charge is 2.19. The largest absolute Gasteiger partial charge is 0.462 e. The fourth-order valence-corrected chi connectivity index (χ4v) is 9.53. The molecular formula is C70H124O6. The third-order valence-corrected chi connectivity index (χ3v) is 14.4. The van der Waals surface area contributed by atoms with E-state index in [9.17, 15) is 14.4 Å². The molecule has 76 heavy (non-hydrogen) atoms. The molecule has 0 amide bonds. The lowest BCUT2D eigenvalue weighted by molar-refractivity contribution is -0.167. The molecule has 0 heterocycles. The molecule has 6 heteroatoms. The zero-order chi connectivity index (χ0) is 55.0. The van der Waals surface area contributed by atoms with Crippen LogP contribution >= 0.6 is 0 Å². The molecule has 0 aliphatic rings. The first-order chi connectivity index (χ1) is 37.5. The average molecular weight is 1060 g/mol. The molecule has 0 spiro atoms. The van der Waals surface area contributed by atoms with Crippen molar-refractivity contribution in [1.82, 2.24) is 0 Å². The summed E-state index contributed by atoms with van der Waals surface area (Å²) in [7, 11) is 0. The lowest BCUT2D eigenvalue weighted by atomic mass is 10.0. The Kier molecular flexibility index (Phi) is 61.7. The van der Waals surface area contributed by atoms with E-state index < -0.39 is 6.10 Å². The number of ether oxygens (including phenoxy) is 3. The maximum absolute atomic E-state index is 12.8. The maximum atomic E-state index is 12.8. The summed E-state index contributed by atoms with van der Waals surface area (Å²) in [5.41, 5.74) is 0. The molecule has 0 bridgehead atoms. The first-order valence-electron chi connectivity index (χ1n) is 32.9. The molecule has 0 N–H and O–H groups in total. The van der Waals surface area contributed by atoms with E-state index in [2.05, 4.69) is 93.7 Å². The third kappa shape index (κ3) is 61.7. The highest BCUT2D eigenvalue weighted by atomic mass is 16.6. The molecule has 0 fully saturated rings. The summed E-state index contributed by atoms with van der Waals surface area (Å²) in [6.07, 6.45) is 83.9. The van der Waals surface area contributed by atoms with Crippen LogP contribution in [0, 0.1) is 0 Å². The molecule has 440 valence electrons. The van der Waals surface area contributed by atoms with Crippen LogP contribution in [0.3, 0.4) is 0 Å². The Morgan fingerprint density at radius 3 is 0.816 bits per heavy atom. The number of rotatable bonds is 60. The van der Waals surface area contributed by atoms with Gasteiger partial charge in [-0.25, -0.2) is 0 Å². The molecule has 0 aromatic carbocycles. The van der Waals surface area contributed by atoms with Crippen LogP contribution in [0.15, 0.2) is 72.9 Å². The zero-order valence-electron chi connectivity index (χ0n) is 50.5. The van der Waals surface area contributed by atoms with Crippen molar-refractivity contribution < 1.29 is 28.6 Å². The van der Waals surface area contributed by atoms with Gasteiger partial charge in [0.2, 0.25) is 0 Å². The molecule has 0 aliphatic carbocycles. The van der Waals surface area contributed by atoms with Crippen LogP contribution < -0.4 is 0 Å².